The molecule has 34 heavy (non-hydrogen) atoms. The number of benzene rings is 2. The Hall–Kier alpha value is -1.47. The van der Waals surface area contributed by atoms with Gasteiger partial charge in [-0.1, -0.05) is 72.2 Å². The summed E-state index contributed by atoms with van der Waals surface area (Å²) < 4.78 is 0. The van der Waals surface area contributed by atoms with Crippen LogP contribution in [0.1, 0.15) is 95.0 Å². The van der Waals surface area contributed by atoms with Crippen molar-refractivity contribution in [3.8, 4) is 0 Å². The number of rotatable bonds is 5. The van der Waals surface area contributed by atoms with Gasteiger partial charge in [0.05, 0.1) is 0 Å². The molecule has 0 radical (unpaired) electrons. The molecule has 5 rings (SSSR count). The SMILES string of the molecule is CC1=Cc2cc3c(cc2C1(CCc1ccccc1)CC1(C)C(C)=C(C)C(C)=C1C)CCCC3.[Hf]. The van der Waals surface area contributed by atoms with E-state index in [0.717, 1.165) is 6.42 Å². The summed E-state index contributed by atoms with van der Waals surface area (Å²) in [6.07, 6.45) is 11.2. The third-order valence-corrected chi connectivity index (χ3v) is 9.84. The van der Waals surface area contributed by atoms with Crippen molar-refractivity contribution in [2.75, 3.05) is 0 Å². The zero-order valence-electron chi connectivity index (χ0n) is 22.1. The maximum Gasteiger partial charge on any atom is 0.0183 e. The van der Waals surface area contributed by atoms with Crippen molar-refractivity contribution in [2.24, 2.45) is 5.41 Å². The summed E-state index contributed by atoms with van der Waals surface area (Å²) in [4.78, 5) is 0. The number of hydrogen-bond donors (Lipinski definition) is 0. The fourth-order valence-corrected chi connectivity index (χ4v) is 7.12. The van der Waals surface area contributed by atoms with Gasteiger partial charge in [0.25, 0.3) is 0 Å². The van der Waals surface area contributed by atoms with E-state index < -0.39 is 0 Å². The van der Waals surface area contributed by atoms with Crippen molar-refractivity contribution in [3.05, 3.63) is 98.1 Å². The minimum Gasteiger partial charge on any atom is -0.0622 e. The van der Waals surface area contributed by atoms with Crippen molar-refractivity contribution in [2.45, 2.75) is 91.9 Å². The van der Waals surface area contributed by atoms with Gasteiger partial charge in [-0.05, 0) is 119 Å². The Kier molecular flexibility index (Phi) is 7.18. The molecule has 0 saturated carbocycles. The molecule has 1 unspecified atom stereocenters. The van der Waals surface area contributed by atoms with E-state index >= 15 is 0 Å². The van der Waals surface area contributed by atoms with Gasteiger partial charge in [-0.3, -0.25) is 0 Å². The Bertz CT molecular complexity index is 1170. The molecule has 0 aliphatic heterocycles. The van der Waals surface area contributed by atoms with Crippen LogP contribution in [-0.4, -0.2) is 0 Å². The van der Waals surface area contributed by atoms with Gasteiger partial charge in [0, 0.05) is 36.7 Å². The Balaban J connectivity index is 0.00000274. The van der Waals surface area contributed by atoms with Crippen LogP contribution in [0, 0.1) is 5.41 Å². The minimum atomic E-state index is 0. The molecule has 0 saturated heterocycles. The van der Waals surface area contributed by atoms with E-state index in [-0.39, 0.29) is 36.7 Å². The molecule has 3 aliphatic carbocycles. The third kappa shape index (κ3) is 4.01. The monoisotopic (exact) mass is 616 g/mol. The van der Waals surface area contributed by atoms with Crippen molar-refractivity contribution >= 4 is 6.08 Å². The predicted octanol–water partition coefficient (Wildman–Crippen LogP) is 8.93. The van der Waals surface area contributed by atoms with E-state index in [1.807, 2.05) is 0 Å². The molecule has 1 atom stereocenters. The molecule has 2 aromatic carbocycles. The van der Waals surface area contributed by atoms with Crippen LogP contribution in [0.25, 0.3) is 6.08 Å². The van der Waals surface area contributed by atoms with Crippen LogP contribution in [-0.2, 0) is 50.5 Å². The van der Waals surface area contributed by atoms with Crippen LogP contribution in [0.5, 0.6) is 0 Å². The summed E-state index contributed by atoms with van der Waals surface area (Å²) >= 11 is 0. The van der Waals surface area contributed by atoms with E-state index in [1.54, 1.807) is 33.4 Å². The van der Waals surface area contributed by atoms with Gasteiger partial charge in [0.15, 0.2) is 0 Å². The molecule has 0 amide bonds. The molecule has 3 aliphatic rings. The zero-order chi connectivity index (χ0) is 23.4. The van der Waals surface area contributed by atoms with Crippen LogP contribution in [0.2, 0.25) is 0 Å². The van der Waals surface area contributed by atoms with Crippen LogP contribution in [0.3, 0.4) is 0 Å². The summed E-state index contributed by atoms with van der Waals surface area (Å²) in [5.41, 5.74) is 15.8. The van der Waals surface area contributed by atoms with Crippen LogP contribution in [0.15, 0.2) is 70.3 Å². The topological polar surface area (TPSA) is 0 Å². The van der Waals surface area contributed by atoms with Crippen LogP contribution < -0.4 is 0 Å². The van der Waals surface area contributed by atoms with Gasteiger partial charge in [0.2, 0.25) is 0 Å². The van der Waals surface area contributed by atoms with E-state index in [4.69, 9.17) is 0 Å². The molecule has 1 heteroatoms. The standard InChI is InChI=1S/C33H40.Hf/c1-22-18-30-19-28-14-10-11-15-29(28)20-31(30)33(22,17-16-27-12-8-7-9-13-27)21-32(6)25(4)23(2)24(3)26(32)5;/h7-9,12-13,18-20H,10-11,14-17,21H2,1-6H3;. The Morgan fingerprint density at radius 3 is 2.00 bits per heavy atom. The van der Waals surface area contributed by atoms with Crippen molar-refractivity contribution in [1.29, 1.82) is 0 Å². The van der Waals surface area contributed by atoms with Crippen LogP contribution in [0.4, 0.5) is 0 Å². The van der Waals surface area contributed by atoms with Gasteiger partial charge >= 0.3 is 0 Å². The number of allylic oxidation sites excluding steroid dienone is 5. The van der Waals surface area contributed by atoms with Gasteiger partial charge in [0.1, 0.15) is 0 Å². The molecule has 0 aromatic heterocycles. The molecule has 0 N–H and O–H groups in total. The fourth-order valence-electron chi connectivity index (χ4n) is 7.12. The second-order valence-corrected chi connectivity index (χ2v) is 11.3. The summed E-state index contributed by atoms with van der Waals surface area (Å²) in [6, 6.07) is 16.3. The van der Waals surface area contributed by atoms with E-state index in [9.17, 15) is 0 Å². The quantitative estimate of drug-likeness (QED) is 0.295. The summed E-state index contributed by atoms with van der Waals surface area (Å²) in [5, 5.41) is 0. The third-order valence-electron chi connectivity index (χ3n) is 9.84. The number of aryl methyl sites for hydroxylation is 3. The normalized spacial score (nSPS) is 22.9. The van der Waals surface area contributed by atoms with Gasteiger partial charge in [-0.2, -0.15) is 0 Å². The first-order valence-electron chi connectivity index (χ1n) is 13.0. The average molecular weight is 615 g/mol. The molecule has 0 nitrogen and oxygen atoms in total. The van der Waals surface area contributed by atoms with Crippen molar-refractivity contribution in [1.82, 2.24) is 0 Å². The molecule has 0 fully saturated rings. The van der Waals surface area contributed by atoms with Gasteiger partial charge < -0.3 is 0 Å². The van der Waals surface area contributed by atoms with Crippen LogP contribution >= 0.6 is 0 Å². The first-order chi connectivity index (χ1) is 15.8. The summed E-state index contributed by atoms with van der Waals surface area (Å²) in [6.45, 7) is 14.4. The van der Waals surface area contributed by atoms with Gasteiger partial charge in [-0.25, -0.2) is 0 Å². The van der Waals surface area contributed by atoms with Crippen molar-refractivity contribution in [3.63, 3.8) is 0 Å². The Morgan fingerprint density at radius 2 is 1.38 bits per heavy atom. The molecule has 0 heterocycles. The number of hydrogen-bond acceptors (Lipinski definition) is 0. The smallest absolute Gasteiger partial charge is 0.0183 e. The number of fused-ring (bicyclic) bond motifs is 2. The van der Waals surface area contributed by atoms with Gasteiger partial charge in [-0.15, -0.1) is 0 Å². The maximum atomic E-state index is 2.64. The molecule has 0 spiro atoms. The second-order valence-electron chi connectivity index (χ2n) is 11.3. The average Bonchev–Trinajstić information content (AvgIpc) is 3.16. The maximum absolute atomic E-state index is 2.64. The summed E-state index contributed by atoms with van der Waals surface area (Å²) in [7, 11) is 0. The fraction of sp³-hybridized carbons (Fsp3) is 0.455. The molecular weight excluding hydrogens is 575 g/mol. The van der Waals surface area contributed by atoms with E-state index in [1.165, 1.54) is 60.8 Å². The molecule has 176 valence electrons. The summed E-state index contributed by atoms with van der Waals surface area (Å²) in [5.74, 6) is 0. The zero-order valence-corrected chi connectivity index (χ0v) is 25.7. The predicted molar refractivity (Wildman–Crippen MR) is 143 cm³/mol. The first-order valence-corrected chi connectivity index (χ1v) is 13.0. The van der Waals surface area contributed by atoms with E-state index in [0.29, 0.717) is 0 Å². The Morgan fingerprint density at radius 1 is 0.794 bits per heavy atom. The Labute approximate surface area is 226 Å². The largest absolute Gasteiger partial charge is 0.0622 e. The first kappa shape index (κ1) is 25.6. The molecule has 2 aromatic rings. The van der Waals surface area contributed by atoms with Crippen molar-refractivity contribution < 1.29 is 25.8 Å². The van der Waals surface area contributed by atoms with E-state index in [2.05, 4.69) is 90.1 Å². The minimum absolute atomic E-state index is 0. The molecular formula is C33H40Hf. The second kappa shape index (κ2) is 9.53. The molecule has 0 bridgehead atoms.